The lowest BCUT2D eigenvalue weighted by Crippen LogP contribution is -2.02. The molecule has 0 atom stereocenters. The number of methoxy groups -OCH3 is 1. The fourth-order valence-electron chi connectivity index (χ4n) is 0.998. The number of hydrogen-bond donors (Lipinski definition) is 0. The van der Waals surface area contributed by atoms with Gasteiger partial charge in [0.1, 0.15) is 15.1 Å². The molecule has 3 nitrogen and oxygen atoms in total. The van der Waals surface area contributed by atoms with Gasteiger partial charge in [-0.25, -0.2) is 13.8 Å². The van der Waals surface area contributed by atoms with Crippen LogP contribution in [0.2, 0.25) is 0 Å². The van der Waals surface area contributed by atoms with E-state index in [1.807, 2.05) is 22.6 Å². The Kier molecular flexibility index (Phi) is 3.73. The summed E-state index contributed by atoms with van der Waals surface area (Å²) in [6.07, 6.45) is -2.47. The molecule has 1 heterocycles. The number of nitrogens with zero attached hydrogens (tertiary/aromatic N) is 1. The molecule has 0 N–H and O–H groups in total. The van der Waals surface area contributed by atoms with Crippen molar-refractivity contribution in [3.8, 4) is 5.75 Å². The summed E-state index contributed by atoms with van der Waals surface area (Å²) in [5, 5.41) is 0. The van der Waals surface area contributed by atoms with Crippen LogP contribution in [0.1, 0.15) is 22.5 Å². The largest absolute Gasteiger partial charge is 0.496 e. The number of halogens is 3. The summed E-state index contributed by atoms with van der Waals surface area (Å²) in [6, 6.07) is 1.36. The highest BCUT2D eigenvalue weighted by molar-refractivity contribution is 14.1. The van der Waals surface area contributed by atoms with Gasteiger partial charge < -0.3 is 4.74 Å². The Labute approximate surface area is 92.6 Å². The molecule has 1 aromatic heterocycles. The predicted molar refractivity (Wildman–Crippen MR) is 53.9 cm³/mol. The molecular weight excluding hydrogens is 307 g/mol. The van der Waals surface area contributed by atoms with Crippen LogP contribution < -0.4 is 4.74 Å². The van der Waals surface area contributed by atoms with Gasteiger partial charge in [0, 0.05) is 6.07 Å². The molecule has 0 bridgehead atoms. The van der Waals surface area contributed by atoms with Gasteiger partial charge in [0.25, 0.3) is 6.43 Å². The second-order valence-corrected chi connectivity index (χ2v) is 3.47. The molecule has 0 saturated carbocycles. The summed E-state index contributed by atoms with van der Waals surface area (Å²) in [5.74, 6) is -0.0125. The molecule has 1 aromatic rings. The SMILES string of the molecule is COc1cc(I)nc(C=O)c1C(F)F. The molecule has 0 spiro atoms. The van der Waals surface area contributed by atoms with Gasteiger partial charge in [0.05, 0.1) is 12.7 Å². The van der Waals surface area contributed by atoms with Crippen molar-refractivity contribution in [3.05, 3.63) is 21.0 Å². The third kappa shape index (κ3) is 2.17. The fourth-order valence-corrected chi connectivity index (χ4v) is 1.54. The van der Waals surface area contributed by atoms with Gasteiger partial charge in [-0.15, -0.1) is 0 Å². The lowest BCUT2D eigenvalue weighted by Gasteiger charge is -2.09. The monoisotopic (exact) mass is 313 g/mol. The van der Waals surface area contributed by atoms with E-state index >= 15 is 0 Å². The Balaban J connectivity index is 3.40. The average molecular weight is 313 g/mol. The zero-order chi connectivity index (χ0) is 10.7. The molecular formula is C8H6F2INO2. The van der Waals surface area contributed by atoms with Crippen LogP contribution in [0.15, 0.2) is 6.07 Å². The standard InChI is InChI=1S/C8H6F2INO2/c1-14-5-2-6(11)12-4(3-13)7(5)8(9)10/h2-3,8H,1H3. The van der Waals surface area contributed by atoms with Crippen LogP contribution in [0.3, 0.4) is 0 Å². The van der Waals surface area contributed by atoms with Crippen LogP contribution >= 0.6 is 22.6 Å². The Morgan fingerprint density at radius 1 is 1.64 bits per heavy atom. The quantitative estimate of drug-likeness (QED) is 0.489. The van der Waals surface area contributed by atoms with E-state index in [9.17, 15) is 13.6 Å². The van der Waals surface area contributed by atoms with E-state index in [4.69, 9.17) is 4.74 Å². The Hall–Kier alpha value is -0.790. The van der Waals surface area contributed by atoms with E-state index in [0.29, 0.717) is 9.99 Å². The van der Waals surface area contributed by atoms with E-state index in [1.54, 1.807) is 0 Å². The number of rotatable bonds is 3. The highest BCUT2D eigenvalue weighted by Gasteiger charge is 2.20. The smallest absolute Gasteiger partial charge is 0.269 e. The molecule has 0 fully saturated rings. The maximum atomic E-state index is 12.5. The topological polar surface area (TPSA) is 39.2 Å². The summed E-state index contributed by atoms with van der Waals surface area (Å²) in [4.78, 5) is 14.2. The number of hydrogen-bond acceptors (Lipinski definition) is 3. The van der Waals surface area contributed by atoms with Crippen molar-refractivity contribution in [1.29, 1.82) is 0 Å². The van der Waals surface area contributed by atoms with Gasteiger partial charge in [0.15, 0.2) is 6.29 Å². The van der Waals surface area contributed by atoms with Gasteiger partial charge >= 0.3 is 0 Å². The fraction of sp³-hybridized carbons (Fsp3) is 0.250. The van der Waals surface area contributed by atoms with Crippen LogP contribution in [-0.2, 0) is 0 Å². The Morgan fingerprint density at radius 3 is 2.71 bits per heavy atom. The van der Waals surface area contributed by atoms with E-state index < -0.39 is 12.0 Å². The summed E-state index contributed by atoms with van der Waals surface area (Å²) in [6.45, 7) is 0. The number of aldehydes is 1. The van der Waals surface area contributed by atoms with Gasteiger partial charge in [0.2, 0.25) is 0 Å². The van der Waals surface area contributed by atoms with Crippen LogP contribution in [0.4, 0.5) is 8.78 Å². The predicted octanol–water partition coefficient (Wildman–Crippen LogP) is 2.44. The van der Waals surface area contributed by atoms with Crippen LogP contribution in [0.25, 0.3) is 0 Å². The molecule has 0 aliphatic rings. The minimum atomic E-state index is -2.77. The first-order valence-electron chi connectivity index (χ1n) is 3.58. The molecule has 0 unspecified atom stereocenters. The van der Waals surface area contributed by atoms with Crippen molar-refractivity contribution in [1.82, 2.24) is 4.98 Å². The summed E-state index contributed by atoms with van der Waals surface area (Å²) < 4.78 is 30.2. The highest BCUT2D eigenvalue weighted by atomic mass is 127. The van der Waals surface area contributed by atoms with E-state index in [0.717, 1.165) is 0 Å². The van der Waals surface area contributed by atoms with Crippen molar-refractivity contribution >= 4 is 28.9 Å². The number of ether oxygens (including phenoxy) is 1. The number of carbonyl (C=O) groups excluding carboxylic acids is 1. The molecule has 1 rings (SSSR count). The van der Waals surface area contributed by atoms with Crippen LogP contribution in [0, 0.1) is 3.70 Å². The number of pyridine rings is 1. The van der Waals surface area contributed by atoms with Crippen molar-refractivity contribution < 1.29 is 18.3 Å². The van der Waals surface area contributed by atoms with Gasteiger partial charge in [-0.3, -0.25) is 4.79 Å². The zero-order valence-electron chi connectivity index (χ0n) is 7.13. The third-order valence-electron chi connectivity index (χ3n) is 1.57. The van der Waals surface area contributed by atoms with Crippen molar-refractivity contribution in [2.24, 2.45) is 0 Å². The maximum absolute atomic E-state index is 12.5. The molecule has 0 amide bonds. The average Bonchev–Trinajstić information content (AvgIpc) is 2.15. The molecule has 0 saturated heterocycles. The summed E-state index contributed by atoms with van der Waals surface area (Å²) in [5.41, 5.74) is -0.730. The summed E-state index contributed by atoms with van der Waals surface area (Å²) in [7, 11) is 1.27. The molecule has 0 aliphatic heterocycles. The lowest BCUT2D eigenvalue weighted by atomic mass is 10.2. The van der Waals surface area contributed by atoms with E-state index in [2.05, 4.69) is 4.98 Å². The normalized spacial score (nSPS) is 10.4. The molecule has 6 heteroatoms. The van der Waals surface area contributed by atoms with Crippen molar-refractivity contribution in [3.63, 3.8) is 0 Å². The number of carbonyl (C=O) groups is 1. The maximum Gasteiger partial charge on any atom is 0.269 e. The first-order chi connectivity index (χ1) is 6.60. The first-order valence-corrected chi connectivity index (χ1v) is 4.65. The van der Waals surface area contributed by atoms with Gasteiger partial charge in [-0.05, 0) is 22.6 Å². The second-order valence-electron chi connectivity index (χ2n) is 2.36. The number of aromatic nitrogens is 1. The second kappa shape index (κ2) is 4.63. The lowest BCUT2D eigenvalue weighted by molar-refractivity contribution is 0.109. The Bertz CT molecular complexity index is 357. The molecule has 0 radical (unpaired) electrons. The molecule has 0 aliphatic carbocycles. The minimum absolute atomic E-state index is 0.0125. The van der Waals surface area contributed by atoms with Crippen molar-refractivity contribution in [2.75, 3.05) is 7.11 Å². The molecule has 76 valence electrons. The first kappa shape index (κ1) is 11.3. The van der Waals surface area contributed by atoms with Crippen LogP contribution in [-0.4, -0.2) is 18.4 Å². The van der Waals surface area contributed by atoms with Crippen molar-refractivity contribution in [2.45, 2.75) is 6.43 Å². The highest BCUT2D eigenvalue weighted by Crippen LogP contribution is 2.31. The Morgan fingerprint density at radius 2 is 2.29 bits per heavy atom. The molecule has 14 heavy (non-hydrogen) atoms. The van der Waals surface area contributed by atoms with Gasteiger partial charge in [-0.2, -0.15) is 0 Å². The van der Waals surface area contributed by atoms with E-state index in [-0.39, 0.29) is 11.4 Å². The zero-order valence-corrected chi connectivity index (χ0v) is 9.29. The van der Waals surface area contributed by atoms with E-state index in [1.165, 1.54) is 13.2 Å². The third-order valence-corrected chi connectivity index (χ3v) is 2.12. The minimum Gasteiger partial charge on any atom is -0.496 e. The van der Waals surface area contributed by atoms with Crippen LogP contribution in [0.5, 0.6) is 5.75 Å². The number of alkyl halides is 2. The molecule has 0 aromatic carbocycles. The summed E-state index contributed by atoms with van der Waals surface area (Å²) >= 11 is 1.82. The van der Waals surface area contributed by atoms with Gasteiger partial charge in [-0.1, -0.05) is 0 Å².